The molecule has 0 saturated carbocycles. The van der Waals surface area contributed by atoms with E-state index in [1.807, 2.05) is 13.0 Å². The second-order valence-corrected chi connectivity index (χ2v) is 5.29. The Morgan fingerprint density at radius 1 is 1.47 bits per heavy atom. The lowest BCUT2D eigenvalue weighted by molar-refractivity contribution is 0.562. The maximum Gasteiger partial charge on any atom is 0.240 e. The number of sulfonamides is 1. The van der Waals surface area contributed by atoms with Crippen LogP contribution in [0.1, 0.15) is 12.5 Å². The van der Waals surface area contributed by atoms with Gasteiger partial charge >= 0.3 is 0 Å². The molecule has 4 nitrogen and oxygen atoms in total. The summed E-state index contributed by atoms with van der Waals surface area (Å²) in [5.74, 6) is 0. The second-order valence-electron chi connectivity index (χ2n) is 3.57. The van der Waals surface area contributed by atoms with Gasteiger partial charge in [-0.15, -0.1) is 0 Å². The Morgan fingerprint density at radius 3 is 2.67 bits per heavy atom. The number of rotatable bonds is 4. The fraction of sp³-hybridized carbons (Fsp3) is 0.400. The normalized spacial score (nSPS) is 13.8. The highest BCUT2D eigenvalue weighted by molar-refractivity contribution is 7.89. The molecule has 1 aromatic carbocycles. The Morgan fingerprint density at radius 2 is 2.13 bits per heavy atom. The first-order valence-corrected chi connectivity index (χ1v) is 6.23. The van der Waals surface area contributed by atoms with E-state index in [9.17, 15) is 8.42 Å². The highest BCUT2D eigenvalue weighted by atomic mass is 32.2. The average Bonchev–Trinajstić information content (AvgIpc) is 2.17. The molecule has 15 heavy (non-hydrogen) atoms. The summed E-state index contributed by atoms with van der Waals surface area (Å²) in [4.78, 5) is 0.280. The van der Waals surface area contributed by atoms with E-state index in [0.717, 1.165) is 5.56 Å². The molecule has 0 radical (unpaired) electrons. The molecule has 0 aliphatic carbocycles. The van der Waals surface area contributed by atoms with E-state index in [-0.39, 0.29) is 17.5 Å². The van der Waals surface area contributed by atoms with Crippen LogP contribution in [0.3, 0.4) is 0 Å². The number of benzene rings is 1. The minimum absolute atomic E-state index is 0.254. The average molecular weight is 228 g/mol. The van der Waals surface area contributed by atoms with Gasteiger partial charge in [0.05, 0.1) is 4.90 Å². The zero-order valence-corrected chi connectivity index (χ0v) is 9.71. The Bertz CT molecular complexity index is 429. The van der Waals surface area contributed by atoms with Crippen LogP contribution in [0.4, 0.5) is 0 Å². The Kier molecular flexibility index (Phi) is 3.84. The van der Waals surface area contributed by atoms with Gasteiger partial charge in [-0.2, -0.15) is 0 Å². The van der Waals surface area contributed by atoms with E-state index in [4.69, 9.17) is 5.73 Å². The SMILES string of the molecule is Cc1cccc(S(=O)(=O)N[C@H](C)CN)c1. The number of hydrogen-bond donors (Lipinski definition) is 2. The van der Waals surface area contributed by atoms with E-state index in [0.29, 0.717) is 0 Å². The van der Waals surface area contributed by atoms with Crippen LogP contribution in [-0.4, -0.2) is 21.0 Å². The van der Waals surface area contributed by atoms with Crippen molar-refractivity contribution in [2.24, 2.45) is 5.73 Å². The first-order chi connectivity index (χ1) is 6.95. The van der Waals surface area contributed by atoms with Crippen molar-refractivity contribution in [3.63, 3.8) is 0 Å². The smallest absolute Gasteiger partial charge is 0.240 e. The minimum atomic E-state index is -3.42. The van der Waals surface area contributed by atoms with Crippen molar-refractivity contribution < 1.29 is 8.42 Å². The predicted molar refractivity (Wildman–Crippen MR) is 60.0 cm³/mol. The maximum atomic E-state index is 11.8. The molecule has 0 aliphatic heterocycles. The van der Waals surface area contributed by atoms with Gasteiger partial charge in [0.2, 0.25) is 10.0 Å². The van der Waals surface area contributed by atoms with Crippen LogP contribution in [0.15, 0.2) is 29.2 Å². The highest BCUT2D eigenvalue weighted by Gasteiger charge is 2.15. The maximum absolute atomic E-state index is 11.8. The van der Waals surface area contributed by atoms with E-state index >= 15 is 0 Å². The molecule has 0 fully saturated rings. The van der Waals surface area contributed by atoms with Gasteiger partial charge < -0.3 is 5.73 Å². The van der Waals surface area contributed by atoms with E-state index in [1.165, 1.54) is 0 Å². The summed E-state index contributed by atoms with van der Waals surface area (Å²) >= 11 is 0. The number of nitrogens with one attached hydrogen (secondary N) is 1. The molecule has 0 saturated heterocycles. The first-order valence-electron chi connectivity index (χ1n) is 4.75. The lowest BCUT2D eigenvalue weighted by Crippen LogP contribution is -2.37. The molecule has 0 unspecified atom stereocenters. The van der Waals surface area contributed by atoms with E-state index < -0.39 is 10.0 Å². The standard InChI is InChI=1S/C10H16N2O2S/c1-8-4-3-5-10(6-8)15(13,14)12-9(2)7-11/h3-6,9,12H,7,11H2,1-2H3/t9-/m1/s1. The van der Waals surface area contributed by atoms with E-state index in [2.05, 4.69) is 4.72 Å². The second kappa shape index (κ2) is 4.74. The molecule has 0 spiro atoms. The van der Waals surface area contributed by atoms with Gasteiger partial charge in [-0.25, -0.2) is 13.1 Å². The molecule has 0 aromatic heterocycles. The molecular weight excluding hydrogens is 212 g/mol. The van der Waals surface area contributed by atoms with Crippen molar-refractivity contribution in [3.8, 4) is 0 Å². The van der Waals surface area contributed by atoms with Crippen molar-refractivity contribution in [3.05, 3.63) is 29.8 Å². The summed E-state index contributed by atoms with van der Waals surface area (Å²) in [5, 5.41) is 0. The fourth-order valence-corrected chi connectivity index (χ4v) is 2.52. The molecular formula is C10H16N2O2S. The van der Waals surface area contributed by atoms with Crippen LogP contribution in [0, 0.1) is 6.92 Å². The highest BCUT2D eigenvalue weighted by Crippen LogP contribution is 2.10. The van der Waals surface area contributed by atoms with Crippen LogP contribution in [0.5, 0.6) is 0 Å². The predicted octanol–water partition coefficient (Wildman–Crippen LogP) is 0.621. The fourth-order valence-electron chi connectivity index (χ4n) is 1.16. The summed E-state index contributed by atoms with van der Waals surface area (Å²) < 4.78 is 26.1. The topological polar surface area (TPSA) is 72.2 Å². The largest absolute Gasteiger partial charge is 0.329 e. The van der Waals surface area contributed by atoms with Gasteiger partial charge in [-0.3, -0.25) is 0 Å². The van der Waals surface area contributed by atoms with Crippen molar-refractivity contribution in [2.75, 3.05) is 6.54 Å². The summed E-state index contributed by atoms with van der Waals surface area (Å²) in [6.07, 6.45) is 0. The van der Waals surface area contributed by atoms with Crippen molar-refractivity contribution in [2.45, 2.75) is 24.8 Å². The molecule has 0 bridgehead atoms. The van der Waals surface area contributed by atoms with Gasteiger partial charge in [-0.1, -0.05) is 12.1 Å². The molecule has 1 rings (SSSR count). The Labute approximate surface area is 90.5 Å². The third-order valence-electron chi connectivity index (χ3n) is 2.01. The number of nitrogens with two attached hydrogens (primary N) is 1. The summed E-state index contributed by atoms with van der Waals surface area (Å²) in [5.41, 5.74) is 6.28. The Hall–Kier alpha value is -0.910. The van der Waals surface area contributed by atoms with Crippen LogP contribution in [0.25, 0.3) is 0 Å². The lowest BCUT2D eigenvalue weighted by Gasteiger charge is -2.12. The summed E-state index contributed by atoms with van der Waals surface area (Å²) in [6.45, 7) is 3.86. The molecule has 0 aliphatic rings. The molecule has 0 heterocycles. The summed E-state index contributed by atoms with van der Waals surface area (Å²) in [7, 11) is -3.42. The van der Waals surface area contributed by atoms with Gasteiger partial charge in [0.25, 0.3) is 0 Å². The van der Waals surface area contributed by atoms with Gasteiger partial charge in [0.1, 0.15) is 0 Å². The van der Waals surface area contributed by atoms with Gasteiger partial charge in [0, 0.05) is 12.6 Å². The zero-order valence-electron chi connectivity index (χ0n) is 8.90. The third-order valence-corrected chi connectivity index (χ3v) is 3.60. The van der Waals surface area contributed by atoms with Crippen molar-refractivity contribution >= 4 is 10.0 Å². The molecule has 84 valence electrons. The third kappa shape index (κ3) is 3.30. The monoisotopic (exact) mass is 228 g/mol. The lowest BCUT2D eigenvalue weighted by atomic mass is 10.2. The van der Waals surface area contributed by atoms with Crippen LogP contribution >= 0.6 is 0 Å². The molecule has 1 atom stereocenters. The van der Waals surface area contributed by atoms with E-state index in [1.54, 1.807) is 25.1 Å². The molecule has 0 amide bonds. The van der Waals surface area contributed by atoms with Crippen LogP contribution in [-0.2, 0) is 10.0 Å². The first kappa shape index (κ1) is 12.2. The van der Waals surface area contributed by atoms with Gasteiger partial charge in [-0.05, 0) is 31.5 Å². The van der Waals surface area contributed by atoms with Crippen molar-refractivity contribution in [1.29, 1.82) is 0 Å². The molecule has 1 aromatic rings. The quantitative estimate of drug-likeness (QED) is 0.793. The summed E-state index contributed by atoms with van der Waals surface area (Å²) in [6, 6.07) is 6.52. The minimum Gasteiger partial charge on any atom is -0.329 e. The Balaban J connectivity index is 2.96. The molecule has 3 N–H and O–H groups in total. The van der Waals surface area contributed by atoms with Crippen LogP contribution < -0.4 is 10.5 Å². The van der Waals surface area contributed by atoms with Crippen molar-refractivity contribution in [1.82, 2.24) is 4.72 Å². The number of aryl methyl sites for hydroxylation is 1. The molecule has 5 heteroatoms. The van der Waals surface area contributed by atoms with Gasteiger partial charge in [0.15, 0.2) is 0 Å². The number of hydrogen-bond acceptors (Lipinski definition) is 3. The zero-order chi connectivity index (χ0) is 11.5. The van der Waals surface area contributed by atoms with Crippen LogP contribution in [0.2, 0.25) is 0 Å².